The molecule has 0 atom stereocenters. The molecular formula is C14H11N3O4S. The largest absolute Gasteiger partial charge is 0.476 e. The zero-order chi connectivity index (χ0) is 15.7. The number of pyridine rings is 1. The number of hydrogen-bond donors (Lipinski definition) is 2. The van der Waals surface area contributed by atoms with Crippen molar-refractivity contribution in [3.63, 3.8) is 0 Å². The Bertz CT molecular complexity index is 949. The lowest BCUT2D eigenvalue weighted by atomic mass is 10.4. The maximum Gasteiger partial charge on any atom is 0.356 e. The summed E-state index contributed by atoms with van der Waals surface area (Å²) < 4.78 is 28.3. The van der Waals surface area contributed by atoms with E-state index in [2.05, 4.69) is 9.71 Å². The molecule has 8 heteroatoms. The van der Waals surface area contributed by atoms with Crippen molar-refractivity contribution in [3.05, 3.63) is 60.6 Å². The minimum atomic E-state index is -3.69. The van der Waals surface area contributed by atoms with Gasteiger partial charge in [-0.05, 0) is 24.3 Å². The number of carboxylic acids is 1. The van der Waals surface area contributed by atoms with E-state index in [1.165, 1.54) is 41.1 Å². The molecule has 0 spiro atoms. The van der Waals surface area contributed by atoms with Crippen LogP contribution >= 0.6 is 0 Å². The quantitative estimate of drug-likeness (QED) is 0.764. The summed E-state index contributed by atoms with van der Waals surface area (Å²) in [6.45, 7) is 0. The highest BCUT2D eigenvalue weighted by Crippen LogP contribution is 2.17. The molecule has 0 radical (unpaired) electrons. The molecule has 3 aromatic rings. The van der Waals surface area contributed by atoms with Gasteiger partial charge < -0.3 is 9.51 Å². The average molecular weight is 317 g/mol. The Morgan fingerprint density at radius 2 is 1.82 bits per heavy atom. The lowest BCUT2D eigenvalue weighted by Crippen LogP contribution is -2.13. The highest BCUT2D eigenvalue weighted by atomic mass is 32.2. The first-order chi connectivity index (χ1) is 10.5. The van der Waals surface area contributed by atoms with Gasteiger partial charge in [0.1, 0.15) is 5.65 Å². The molecule has 7 nitrogen and oxygen atoms in total. The highest BCUT2D eigenvalue weighted by molar-refractivity contribution is 7.92. The number of aromatic nitrogens is 2. The van der Waals surface area contributed by atoms with Crippen LogP contribution in [0.3, 0.4) is 0 Å². The van der Waals surface area contributed by atoms with E-state index in [0.717, 1.165) is 0 Å². The number of imidazole rings is 1. The summed E-state index contributed by atoms with van der Waals surface area (Å²) >= 11 is 0. The summed E-state index contributed by atoms with van der Waals surface area (Å²) in [4.78, 5) is 14.9. The first kappa shape index (κ1) is 14.1. The van der Waals surface area contributed by atoms with Crippen LogP contribution < -0.4 is 4.72 Å². The van der Waals surface area contributed by atoms with Gasteiger partial charge in [0.05, 0.1) is 10.6 Å². The Hall–Kier alpha value is -2.87. The fourth-order valence-corrected chi connectivity index (χ4v) is 3.03. The molecule has 0 aliphatic heterocycles. The Morgan fingerprint density at radius 3 is 2.50 bits per heavy atom. The molecule has 0 unspecified atom stereocenters. The molecule has 112 valence electrons. The third-order valence-electron chi connectivity index (χ3n) is 2.98. The zero-order valence-corrected chi connectivity index (χ0v) is 12.0. The minimum Gasteiger partial charge on any atom is -0.476 e. The number of anilines is 1. The first-order valence-corrected chi connectivity index (χ1v) is 7.74. The Labute approximate surface area is 125 Å². The Kier molecular flexibility index (Phi) is 3.30. The van der Waals surface area contributed by atoms with E-state index in [1.54, 1.807) is 18.2 Å². The molecule has 0 aliphatic carbocycles. The number of fused-ring (bicyclic) bond motifs is 1. The summed E-state index contributed by atoms with van der Waals surface area (Å²) in [7, 11) is -3.69. The third kappa shape index (κ3) is 2.63. The number of rotatable bonds is 4. The molecule has 3 rings (SSSR count). The lowest BCUT2D eigenvalue weighted by molar-refractivity contribution is 0.0691. The van der Waals surface area contributed by atoms with Crippen molar-refractivity contribution < 1.29 is 18.3 Å². The van der Waals surface area contributed by atoms with E-state index in [1.807, 2.05) is 0 Å². The average Bonchev–Trinajstić information content (AvgIpc) is 2.91. The summed E-state index contributed by atoms with van der Waals surface area (Å²) in [6, 6.07) is 11.0. The molecule has 2 N–H and O–H groups in total. The molecular weight excluding hydrogens is 306 g/mol. The molecule has 0 amide bonds. The monoisotopic (exact) mass is 317 g/mol. The van der Waals surface area contributed by atoms with Crippen molar-refractivity contribution in [2.75, 3.05) is 4.72 Å². The van der Waals surface area contributed by atoms with E-state index in [0.29, 0.717) is 11.3 Å². The molecule has 2 aromatic heterocycles. The third-order valence-corrected chi connectivity index (χ3v) is 4.37. The van der Waals surface area contributed by atoms with Crippen LogP contribution in [0, 0.1) is 0 Å². The van der Waals surface area contributed by atoms with Gasteiger partial charge in [0.25, 0.3) is 10.0 Å². The van der Waals surface area contributed by atoms with Crippen molar-refractivity contribution in [1.82, 2.24) is 9.38 Å². The summed E-state index contributed by atoms with van der Waals surface area (Å²) in [5, 5.41) is 8.90. The van der Waals surface area contributed by atoms with Gasteiger partial charge >= 0.3 is 5.97 Å². The van der Waals surface area contributed by atoms with Crippen LogP contribution in [0.4, 0.5) is 5.69 Å². The number of hydrogen-bond acceptors (Lipinski definition) is 4. The van der Waals surface area contributed by atoms with Gasteiger partial charge in [-0.1, -0.05) is 18.2 Å². The zero-order valence-electron chi connectivity index (χ0n) is 11.2. The summed E-state index contributed by atoms with van der Waals surface area (Å²) in [6.07, 6.45) is 2.78. The van der Waals surface area contributed by atoms with Crippen molar-refractivity contribution in [2.45, 2.75) is 4.90 Å². The molecule has 2 heterocycles. The topological polar surface area (TPSA) is 101 Å². The van der Waals surface area contributed by atoms with Gasteiger partial charge in [0, 0.05) is 12.4 Å². The van der Waals surface area contributed by atoms with Crippen LogP contribution in [0.5, 0.6) is 0 Å². The Morgan fingerprint density at radius 1 is 1.09 bits per heavy atom. The standard InChI is InChI=1S/C14H11N3O4S/c18-14(19)12-9-17-8-10(6-7-13(17)15-12)16-22(20,21)11-4-2-1-3-5-11/h1-9,16H,(H,18,19). The second kappa shape index (κ2) is 5.15. The maximum atomic E-state index is 12.2. The van der Waals surface area contributed by atoms with Crippen LogP contribution in [0.15, 0.2) is 59.8 Å². The SMILES string of the molecule is O=C(O)c1cn2cc(NS(=O)(=O)c3ccccc3)ccc2n1. The first-order valence-electron chi connectivity index (χ1n) is 6.26. The molecule has 0 saturated heterocycles. The fraction of sp³-hybridized carbons (Fsp3) is 0. The molecule has 22 heavy (non-hydrogen) atoms. The van der Waals surface area contributed by atoms with Crippen LogP contribution in [0.25, 0.3) is 5.65 Å². The number of sulfonamides is 1. The van der Waals surface area contributed by atoms with E-state index >= 15 is 0 Å². The number of carbonyl (C=O) groups is 1. The number of nitrogens with zero attached hydrogens (tertiary/aromatic N) is 2. The number of carboxylic acid groups (broad SMARTS) is 1. The van der Waals surface area contributed by atoms with E-state index in [9.17, 15) is 13.2 Å². The van der Waals surface area contributed by atoms with Gasteiger partial charge in [0.2, 0.25) is 0 Å². The van der Waals surface area contributed by atoms with Crippen LogP contribution in [-0.4, -0.2) is 28.9 Å². The smallest absolute Gasteiger partial charge is 0.356 e. The van der Waals surface area contributed by atoms with Gasteiger partial charge in [-0.2, -0.15) is 0 Å². The van der Waals surface area contributed by atoms with Gasteiger partial charge in [-0.15, -0.1) is 0 Å². The second-order valence-electron chi connectivity index (χ2n) is 4.53. The molecule has 0 bridgehead atoms. The summed E-state index contributed by atoms with van der Waals surface area (Å²) in [5.41, 5.74) is 0.619. The van der Waals surface area contributed by atoms with Crippen molar-refractivity contribution in [2.24, 2.45) is 0 Å². The molecule has 0 fully saturated rings. The summed E-state index contributed by atoms with van der Waals surface area (Å²) in [5.74, 6) is -1.14. The normalized spacial score (nSPS) is 11.5. The predicted octanol–water partition coefficient (Wildman–Crippen LogP) is 1.83. The Balaban J connectivity index is 1.96. The molecule has 0 aliphatic rings. The highest BCUT2D eigenvalue weighted by Gasteiger charge is 2.14. The van der Waals surface area contributed by atoms with Crippen LogP contribution in [-0.2, 0) is 10.0 Å². The minimum absolute atomic E-state index is 0.108. The van der Waals surface area contributed by atoms with E-state index in [4.69, 9.17) is 5.11 Å². The maximum absolute atomic E-state index is 12.2. The molecule has 0 saturated carbocycles. The number of nitrogens with one attached hydrogen (secondary N) is 1. The van der Waals surface area contributed by atoms with Crippen molar-refractivity contribution in [1.29, 1.82) is 0 Å². The van der Waals surface area contributed by atoms with E-state index < -0.39 is 16.0 Å². The van der Waals surface area contributed by atoms with Gasteiger partial charge in [0.15, 0.2) is 5.69 Å². The van der Waals surface area contributed by atoms with Crippen LogP contribution in [0.2, 0.25) is 0 Å². The molecule has 1 aromatic carbocycles. The van der Waals surface area contributed by atoms with Crippen molar-refractivity contribution >= 4 is 27.3 Å². The van der Waals surface area contributed by atoms with Gasteiger partial charge in [-0.3, -0.25) is 4.72 Å². The fourth-order valence-electron chi connectivity index (χ4n) is 1.97. The number of aromatic carboxylic acids is 1. The van der Waals surface area contributed by atoms with Gasteiger partial charge in [-0.25, -0.2) is 18.2 Å². The predicted molar refractivity (Wildman–Crippen MR) is 79.4 cm³/mol. The van der Waals surface area contributed by atoms with E-state index in [-0.39, 0.29) is 10.6 Å². The lowest BCUT2D eigenvalue weighted by Gasteiger charge is -2.08. The second-order valence-corrected chi connectivity index (χ2v) is 6.22. The van der Waals surface area contributed by atoms with Crippen molar-refractivity contribution in [3.8, 4) is 0 Å². The number of benzene rings is 1. The van der Waals surface area contributed by atoms with Crippen LogP contribution in [0.1, 0.15) is 10.5 Å².